The summed E-state index contributed by atoms with van der Waals surface area (Å²) in [7, 11) is 3.31. The summed E-state index contributed by atoms with van der Waals surface area (Å²) in [5.41, 5.74) is -1.12. The zero-order valence-electron chi connectivity index (χ0n) is 35.2. The summed E-state index contributed by atoms with van der Waals surface area (Å²) in [6.45, 7) is 16.3. The van der Waals surface area contributed by atoms with Crippen molar-refractivity contribution in [1.82, 2.24) is 20.5 Å². The second-order valence-electron chi connectivity index (χ2n) is 16.7. The number of aliphatic hydroxyl groups excluding tert-OH is 1. The normalized spacial score (nSPS) is 39.7. The fourth-order valence-electron chi connectivity index (χ4n) is 9.37. The predicted octanol–water partition coefficient (Wildman–Crippen LogP) is 4.71. The maximum Gasteiger partial charge on any atom is 0.317 e. The molecule has 16 nitrogen and oxygen atoms in total. The fourth-order valence-corrected chi connectivity index (χ4v) is 10.2. The number of cyclic esters (lactones) is 1. The van der Waals surface area contributed by atoms with Gasteiger partial charge in [-0.05, 0) is 79.0 Å². The van der Waals surface area contributed by atoms with Crippen LogP contribution in [0.4, 0.5) is 0 Å². The van der Waals surface area contributed by atoms with Gasteiger partial charge in [0.05, 0.1) is 17.8 Å². The molecule has 2 aromatic rings. The summed E-state index contributed by atoms with van der Waals surface area (Å²) in [4.78, 5) is 57.8. The molecular weight excluding hydrogens is 769 g/mol. The van der Waals surface area contributed by atoms with Crippen LogP contribution in [0.2, 0.25) is 0 Å². The number of oxime groups is 1. The first-order valence-electron chi connectivity index (χ1n) is 20.2. The van der Waals surface area contributed by atoms with Crippen LogP contribution in [0.15, 0.2) is 34.5 Å². The van der Waals surface area contributed by atoms with Gasteiger partial charge in [0.25, 0.3) is 0 Å². The first-order valence-corrected chi connectivity index (χ1v) is 21.0. The first kappa shape index (κ1) is 43.8. The average Bonchev–Trinajstić information content (AvgIpc) is 3.82. The number of likely N-dealkylation sites (N-methyl/N-ethyl adjacent to an activating group) is 1. The number of carbonyl (C=O) groups excluding carboxylic acids is 3. The molecule has 2 N–H and O–H groups in total. The molecule has 0 saturated carbocycles. The van der Waals surface area contributed by atoms with E-state index in [1.165, 1.54) is 18.3 Å². The van der Waals surface area contributed by atoms with Crippen LogP contribution >= 0.6 is 11.3 Å². The highest BCUT2D eigenvalue weighted by Crippen LogP contribution is 2.51. The second kappa shape index (κ2) is 17.5. The van der Waals surface area contributed by atoms with Crippen molar-refractivity contribution in [3.63, 3.8) is 0 Å². The van der Waals surface area contributed by atoms with E-state index in [2.05, 4.69) is 25.7 Å². The number of ether oxygens (including phenoxy) is 5. The third-order valence-corrected chi connectivity index (χ3v) is 13.7. The lowest BCUT2D eigenvalue weighted by Crippen LogP contribution is -2.59. The quantitative estimate of drug-likeness (QED) is 0.200. The predicted molar refractivity (Wildman–Crippen MR) is 214 cm³/mol. The molecule has 0 aliphatic carbocycles. The Balaban J connectivity index is 1.42. The van der Waals surface area contributed by atoms with E-state index in [4.69, 9.17) is 33.5 Å². The number of aliphatic hydroxyl groups is 1. The minimum Gasteiger partial charge on any atom is -0.458 e. The molecule has 3 fully saturated rings. The number of rotatable bonds is 9. The van der Waals surface area contributed by atoms with Gasteiger partial charge in [0.1, 0.15) is 29.7 Å². The van der Waals surface area contributed by atoms with Gasteiger partial charge in [-0.15, -0.1) is 10.2 Å². The van der Waals surface area contributed by atoms with Gasteiger partial charge in [0, 0.05) is 42.8 Å². The van der Waals surface area contributed by atoms with Crippen molar-refractivity contribution in [3.8, 4) is 10.7 Å². The van der Waals surface area contributed by atoms with Gasteiger partial charge in [-0.3, -0.25) is 19.4 Å². The SMILES string of the molecule is CC[C@@H]1OC(=O)[C@H](C)C(=O)[C@H](C)[C@@H](O[C@@H]2O[C@H](C)C[C@H](NC)[C@H]2O)[C@](C)(OC)C[C@@H](C)C2=N/C(=N/O[C@@H](C)c3nnc(-c4ccccn4)s3)[C@@H]3C(=O)O[C@@]1(C)[C@H]3[C@H]2C. The molecule has 2 bridgehead atoms. The van der Waals surface area contributed by atoms with Gasteiger partial charge in [-0.25, -0.2) is 4.99 Å². The van der Waals surface area contributed by atoms with Gasteiger partial charge in [-0.2, -0.15) is 0 Å². The van der Waals surface area contributed by atoms with Gasteiger partial charge in [-0.1, -0.05) is 50.3 Å². The van der Waals surface area contributed by atoms with E-state index in [-0.39, 0.29) is 36.2 Å². The van der Waals surface area contributed by atoms with Crippen LogP contribution in [0.5, 0.6) is 0 Å². The van der Waals surface area contributed by atoms with Crippen LogP contribution < -0.4 is 5.32 Å². The number of hydrogen-bond acceptors (Lipinski definition) is 16. The van der Waals surface area contributed by atoms with Crippen molar-refractivity contribution in [2.24, 2.45) is 45.7 Å². The molecule has 0 aromatic carbocycles. The minimum atomic E-state index is -1.31. The van der Waals surface area contributed by atoms with Crippen LogP contribution in [0.25, 0.3) is 10.7 Å². The molecule has 3 saturated heterocycles. The highest BCUT2D eigenvalue weighted by Gasteiger charge is 2.64. The van der Waals surface area contributed by atoms with E-state index >= 15 is 0 Å². The third-order valence-electron chi connectivity index (χ3n) is 12.6. The van der Waals surface area contributed by atoms with Crippen LogP contribution in [0, 0.1) is 35.5 Å². The number of nitrogens with zero attached hydrogens (tertiary/aromatic N) is 5. The molecule has 0 radical (unpaired) electrons. The van der Waals surface area contributed by atoms with E-state index in [0.29, 0.717) is 34.3 Å². The number of pyridine rings is 1. The molecule has 4 aliphatic rings. The number of nitrogens with one attached hydrogen (secondary N) is 1. The van der Waals surface area contributed by atoms with E-state index < -0.39 is 83.3 Å². The summed E-state index contributed by atoms with van der Waals surface area (Å²) in [6.07, 6.45) is -2.13. The maximum absolute atomic E-state index is 14.3. The van der Waals surface area contributed by atoms with Crippen LogP contribution in [-0.4, -0.2) is 112 Å². The van der Waals surface area contributed by atoms with E-state index in [9.17, 15) is 19.5 Å². The lowest BCUT2D eigenvalue weighted by Gasteiger charge is -2.47. The van der Waals surface area contributed by atoms with Gasteiger partial charge in [0.15, 0.2) is 39.6 Å². The molecule has 15 atom stereocenters. The third kappa shape index (κ3) is 8.22. The Morgan fingerprint density at radius 1 is 1.09 bits per heavy atom. The number of aliphatic imine (C=N–C) groups is 1. The summed E-state index contributed by atoms with van der Waals surface area (Å²) >= 11 is 1.32. The number of Topliss-reactive ketones (excluding diaryl/α,β-unsaturated/α-hetero) is 1. The van der Waals surface area contributed by atoms with Gasteiger partial charge >= 0.3 is 11.9 Å². The molecule has 17 heteroatoms. The number of ketones is 1. The zero-order valence-corrected chi connectivity index (χ0v) is 36.0. The van der Waals surface area contributed by atoms with Crippen LogP contribution in [-0.2, 0) is 42.9 Å². The molecule has 318 valence electrons. The molecule has 0 amide bonds. The standard InChI is InChI=1S/C41H58N6O10S/c1-12-27-41(9)29-21(4)30(44-34(28(29)38(51)56-41)47-57-24(7)35-45-46-36(58-35)25-15-13-14-16-43-25)19(2)18-40(8,52-11)33(22(5)31(48)23(6)37(50)54-27)55-39-32(49)26(42-10)17-20(3)53-39/h13-16,19-24,26-29,32-33,39,42,49H,12,17-18H2,1-11H3/b47-34+/t19-,20-,21-,22+,23-,24+,26+,27+,28-,29+,32-,33-,39+,40-,41-/m1/s1. The van der Waals surface area contributed by atoms with Gasteiger partial charge in [0.2, 0.25) is 0 Å². The van der Waals surface area contributed by atoms with Crippen LogP contribution in [0.1, 0.15) is 92.7 Å². The summed E-state index contributed by atoms with van der Waals surface area (Å²) in [6, 6.07) is 5.22. The van der Waals surface area contributed by atoms with Gasteiger partial charge < -0.3 is 38.9 Å². The molecule has 2 aromatic heterocycles. The lowest BCUT2D eigenvalue weighted by molar-refractivity contribution is -0.290. The Hall–Kier alpha value is -3.74. The van der Waals surface area contributed by atoms with Crippen molar-refractivity contribution >= 4 is 40.6 Å². The number of aromatic nitrogens is 3. The average molecular weight is 827 g/mol. The molecule has 6 heterocycles. The molecule has 58 heavy (non-hydrogen) atoms. The molecular formula is C41H58N6O10S. The molecule has 0 unspecified atom stereocenters. The van der Waals surface area contributed by atoms with E-state index in [0.717, 1.165) is 0 Å². The number of hydrogen-bond donors (Lipinski definition) is 2. The van der Waals surface area contributed by atoms with Crippen molar-refractivity contribution in [3.05, 3.63) is 29.4 Å². The number of amidine groups is 1. The topological polar surface area (TPSA) is 202 Å². The zero-order chi connectivity index (χ0) is 42.3. The second-order valence-corrected chi connectivity index (χ2v) is 17.7. The minimum absolute atomic E-state index is 0.128. The molecule has 4 aliphatic heterocycles. The fraction of sp³-hybridized carbons (Fsp3) is 0.707. The number of carbonyl (C=O) groups is 3. The molecule has 6 rings (SSSR count). The maximum atomic E-state index is 14.3. The monoisotopic (exact) mass is 826 g/mol. The Bertz CT molecular complexity index is 1880. The highest BCUT2D eigenvalue weighted by molar-refractivity contribution is 7.14. The first-order chi connectivity index (χ1) is 27.5. The summed E-state index contributed by atoms with van der Waals surface area (Å²) in [5, 5.41) is 28.8. The van der Waals surface area contributed by atoms with Crippen molar-refractivity contribution in [1.29, 1.82) is 0 Å². The van der Waals surface area contributed by atoms with Crippen molar-refractivity contribution in [2.75, 3.05) is 14.2 Å². The van der Waals surface area contributed by atoms with E-state index in [1.54, 1.807) is 41.1 Å². The number of fused-ring (bicyclic) bond motifs is 1. The largest absolute Gasteiger partial charge is 0.458 e. The van der Waals surface area contributed by atoms with Crippen LogP contribution in [0.3, 0.4) is 0 Å². The van der Waals surface area contributed by atoms with Crippen molar-refractivity contribution < 1.29 is 48.0 Å². The number of esters is 2. The Labute approximate surface area is 343 Å². The molecule has 0 spiro atoms. The Kier molecular flexibility index (Phi) is 13.2. The van der Waals surface area contributed by atoms with E-state index in [1.807, 2.05) is 52.8 Å². The van der Waals surface area contributed by atoms with Crippen molar-refractivity contribution in [2.45, 2.75) is 136 Å². The lowest BCUT2D eigenvalue weighted by atomic mass is 9.65. The summed E-state index contributed by atoms with van der Waals surface area (Å²) in [5.74, 6) is -5.99. The Morgan fingerprint density at radius 2 is 1.83 bits per heavy atom. The Morgan fingerprint density at radius 3 is 2.48 bits per heavy atom. The smallest absolute Gasteiger partial charge is 0.317 e. The highest BCUT2D eigenvalue weighted by atomic mass is 32.1. The summed E-state index contributed by atoms with van der Waals surface area (Å²) < 4.78 is 31.5. The number of methoxy groups -OCH3 is 1.